The van der Waals surface area contributed by atoms with Crippen molar-refractivity contribution in [2.45, 2.75) is 64.3 Å². The summed E-state index contributed by atoms with van der Waals surface area (Å²) in [4.78, 5) is 25.7. The van der Waals surface area contributed by atoms with E-state index in [9.17, 15) is 14.9 Å². The van der Waals surface area contributed by atoms with Crippen LogP contribution in [0.4, 0.5) is 0 Å². The number of rotatable bonds is 2. The molecule has 2 fully saturated rings. The summed E-state index contributed by atoms with van der Waals surface area (Å²) in [5.74, 6) is 0.00483. The summed E-state index contributed by atoms with van der Waals surface area (Å²) in [5.41, 5.74) is -0.794. The molecule has 116 valence electrons. The molecule has 2 amide bonds. The van der Waals surface area contributed by atoms with Crippen LogP contribution < -0.4 is 5.32 Å². The van der Waals surface area contributed by atoms with Gasteiger partial charge in [0.25, 0.3) is 0 Å². The molecular weight excluding hydrogens is 266 g/mol. The van der Waals surface area contributed by atoms with Crippen molar-refractivity contribution in [3.63, 3.8) is 0 Å². The maximum Gasteiger partial charge on any atom is 0.243 e. The number of nitrogens with one attached hydrogen (secondary N) is 1. The average molecular weight is 291 g/mol. The molecule has 0 radical (unpaired) electrons. The van der Waals surface area contributed by atoms with Crippen LogP contribution >= 0.6 is 0 Å². The first-order valence-electron chi connectivity index (χ1n) is 8.05. The maximum atomic E-state index is 12.8. The summed E-state index contributed by atoms with van der Waals surface area (Å²) in [6.45, 7) is 2.81. The van der Waals surface area contributed by atoms with Gasteiger partial charge in [0.1, 0.15) is 5.41 Å². The number of carbonyl (C=O) groups excluding carboxylic acids is 2. The summed E-state index contributed by atoms with van der Waals surface area (Å²) >= 11 is 0. The zero-order chi connectivity index (χ0) is 15.3. The maximum absolute atomic E-state index is 12.8. The van der Waals surface area contributed by atoms with Gasteiger partial charge in [0, 0.05) is 26.1 Å². The van der Waals surface area contributed by atoms with Crippen molar-refractivity contribution in [3.8, 4) is 6.07 Å². The largest absolute Gasteiger partial charge is 0.353 e. The lowest BCUT2D eigenvalue weighted by molar-refractivity contribution is -0.141. The Morgan fingerprint density at radius 1 is 1.14 bits per heavy atom. The fourth-order valence-electron chi connectivity index (χ4n) is 3.52. The number of likely N-dealkylation sites (tertiary alicyclic amines) is 1. The van der Waals surface area contributed by atoms with E-state index in [0.717, 1.165) is 38.5 Å². The van der Waals surface area contributed by atoms with Gasteiger partial charge in [-0.2, -0.15) is 5.26 Å². The van der Waals surface area contributed by atoms with Gasteiger partial charge >= 0.3 is 0 Å². The van der Waals surface area contributed by atoms with E-state index in [-0.39, 0.29) is 17.9 Å². The molecule has 5 heteroatoms. The molecule has 0 aromatic heterocycles. The van der Waals surface area contributed by atoms with Crippen molar-refractivity contribution < 1.29 is 9.59 Å². The smallest absolute Gasteiger partial charge is 0.243 e. The Kier molecular flexibility index (Phi) is 5.22. The lowest BCUT2D eigenvalue weighted by Gasteiger charge is -2.37. The highest BCUT2D eigenvalue weighted by Crippen LogP contribution is 2.36. The average Bonchev–Trinajstić information content (AvgIpc) is 2.73. The third-order valence-electron chi connectivity index (χ3n) is 4.77. The van der Waals surface area contributed by atoms with E-state index in [1.165, 1.54) is 6.92 Å². The van der Waals surface area contributed by atoms with E-state index in [4.69, 9.17) is 0 Å². The molecule has 0 atom stereocenters. The van der Waals surface area contributed by atoms with Crippen molar-refractivity contribution >= 4 is 11.8 Å². The Bertz CT molecular complexity index is 425. The highest BCUT2D eigenvalue weighted by Gasteiger charge is 2.42. The normalized spacial score (nSPS) is 23.0. The zero-order valence-electron chi connectivity index (χ0n) is 12.9. The molecule has 1 heterocycles. The topological polar surface area (TPSA) is 73.2 Å². The Morgan fingerprint density at radius 3 is 2.19 bits per heavy atom. The summed E-state index contributed by atoms with van der Waals surface area (Å²) in [5, 5.41) is 12.5. The van der Waals surface area contributed by atoms with Crippen LogP contribution in [0.5, 0.6) is 0 Å². The molecule has 0 unspecified atom stereocenters. The van der Waals surface area contributed by atoms with E-state index >= 15 is 0 Å². The number of hydrogen-bond acceptors (Lipinski definition) is 3. The van der Waals surface area contributed by atoms with Crippen LogP contribution in [0.15, 0.2) is 0 Å². The monoisotopic (exact) mass is 291 g/mol. The molecule has 21 heavy (non-hydrogen) atoms. The quantitative estimate of drug-likeness (QED) is 0.791. The predicted molar refractivity (Wildman–Crippen MR) is 79.2 cm³/mol. The first kappa shape index (κ1) is 15.8. The molecular formula is C16H25N3O2. The van der Waals surface area contributed by atoms with Crippen LogP contribution in [-0.2, 0) is 9.59 Å². The van der Waals surface area contributed by atoms with Crippen LogP contribution in [-0.4, -0.2) is 35.8 Å². The molecule has 1 saturated carbocycles. The molecule has 2 aliphatic rings. The molecule has 1 N–H and O–H groups in total. The van der Waals surface area contributed by atoms with Crippen LogP contribution in [0, 0.1) is 16.7 Å². The van der Waals surface area contributed by atoms with E-state index in [2.05, 4.69) is 11.4 Å². The van der Waals surface area contributed by atoms with E-state index in [1.54, 1.807) is 0 Å². The first-order valence-corrected chi connectivity index (χ1v) is 8.05. The number of piperidine rings is 1. The summed E-state index contributed by atoms with van der Waals surface area (Å²) in [7, 11) is 0. The van der Waals surface area contributed by atoms with Crippen molar-refractivity contribution in [2.75, 3.05) is 13.1 Å². The Labute approximate surface area is 126 Å². The van der Waals surface area contributed by atoms with Gasteiger partial charge in [-0.15, -0.1) is 0 Å². The number of nitrogens with zero attached hydrogens (tertiary/aromatic N) is 2. The molecule has 2 rings (SSSR count). The highest BCUT2D eigenvalue weighted by atomic mass is 16.2. The van der Waals surface area contributed by atoms with E-state index in [1.807, 2.05) is 4.90 Å². The summed E-state index contributed by atoms with van der Waals surface area (Å²) in [6.07, 6.45) is 7.17. The second-order valence-corrected chi connectivity index (χ2v) is 6.38. The predicted octanol–water partition coefficient (Wildman–Crippen LogP) is 1.98. The minimum Gasteiger partial charge on any atom is -0.353 e. The molecule has 0 aromatic carbocycles. The van der Waals surface area contributed by atoms with E-state index < -0.39 is 5.41 Å². The number of amides is 2. The van der Waals surface area contributed by atoms with Gasteiger partial charge in [-0.25, -0.2) is 0 Å². The van der Waals surface area contributed by atoms with Crippen molar-refractivity contribution in [1.82, 2.24) is 10.2 Å². The van der Waals surface area contributed by atoms with Crippen molar-refractivity contribution in [2.24, 2.45) is 5.41 Å². The van der Waals surface area contributed by atoms with Gasteiger partial charge in [-0.1, -0.05) is 25.7 Å². The van der Waals surface area contributed by atoms with Crippen LogP contribution in [0.2, 0.25) is 0 Å². The van der Waals surface area contributed by atoms with E-state index in [0.29, 0.717) is 25.9 Å². The Hall–Kier alpha value is -1.57. The van der Waals surface area contributed by atoms with Gasteiger partial charge in [0.05, 0.1) is 6.07 Å². The molecule has 1 saturated heterocycles. The van der Waals surface area contributed by atoms with Gasteiger partial charge < -0.3 is 10.2 Å². The summed E-state index contributed by atoms with van der Waals surface area (Å²) < 4.78 is 0. The third kappa shape index (κ3) is 3.75. The molecule has 1 aliphatic carbocycles. The van der Waals surface area contributed by atoms with Crippen LogP contribution in [0.25, 0.3) is 0 Å². The molecule has 0 aromatic rings. The van der Waals surface area contributed by atoms with Crippen molar-refractivity contribution in [3.05, 3.63) is 0 Å². The van der Waals surface area contributed by atoms with Crippen LogP contribution in [0.3, 0.4) is 0 Å². The third-order valence-corrected chi connectivity index (χ3v) is 4.77. The Balaban J connectivity index is 1.97. The zero-order valence-corrected chi connectivity index (χ0v) is 12.9. The van der Waals surface area contributed by atoms with Gasteiger partial charge in [0.15, 0.2) is 0 Å². The number of carbonyl (C=O) groups is 2. The standard InChI is InChI=1S/C16H25N3O2/c1-13(20)18-14-6-10-19(11-7-14)15(21)16(12-17)8-4-2-3-5-9-16/h14H,2-11H2,1H3,(H,18,20). The lowest BCUT2D eigenvalue weighted by Crippen LogP contribution is -2.50. The second-order valence-electron chi connectivity index (χ2n) is 6.38. The first-order chi connectivity index (χ1) is 10.1. The molecule has 0 bridgehead atoms. The lowest BCUT2D eigenvalue weighted by atomic mass is 9.80. The summed E-state index contributed by atoms with van der Waals surface area (Å²) in [6, 6.07) is 2.50. The van der Waals surface area contributed by atoms with Gasteiger partial charge in [-0.3, -0.25) is 9.59 Å². The second kappa shape index (κ2) is 6.93. The highest BCUT2D eigenvalue weighted by molar-refractivity contribution is 5.85. The van der Waals surface area contributed by atoms with Gasteiger partial charge in [0.2, 0.25) is 11.8 Å². The number of nitriles is 1. The minimum absolute atomic E-state index is 0.0166. The number of hydrogen-bond donors (Lipinski definition) is 1. The minimum atomic E-state index is -0.794. The fraction of sp³-hybridized carbons (Fsp3) is 0.812. The van der Waals surface area contributed by atoms with Crippen LogP contribution in [0.1, 0.15) is 58.3 Å². The fourth-order valence-corrected chi connectivity index (χ4v) is 3.52. The van der Waals surface area contributed by atoms with Crippen molar-refractivity contribution in [1.29, 1.82) is 5.26 Å². The molecule has 5 nitrogen and oxygen atoms in total. The Morgan fingerprint density at radius 2 is 1.71 bits per heavy atom. The van der Waals surface area contributed by atoms with Gasteiger partial charge in [-0.05, 0) is 25.7 Å². The molecule has 0 spiro atoms. The SMILES string of the molecule is CC(=O)NC1CCN(C(=O)C2(C#N)CCCCCC2)CC1. The molecule has 1 aliphatic heterocycles.